The molecule has 0 saturated heterocycles. The molecule has 0 spiro atoms. The third-order valence-corrected chi connectivity index (χ3v) is 4.33. The molecule has 26 heavy (non-hydrogen) atoms. The Bertz CT molecular complexity index is 1050. The van der Waals surface area contributed by atoms with Crippen LogP contribution >= 0.6 is 0 Å². The SMILES string of the molecule is Cc1ccc(-c2[c-]cc3ccccc3c2)[c-]c1-c1cncc[n+]1C.[B].[Y]. The molecule has 3 aromatic carbocycles. The van der Waals surface area contributed by atoms with E-state index in [-0.39, 0.29) is 41.1 Å². The maximum atomic E-state index is 4.26. The topological polar surface area (TPSA) is 16.8 Å². The second-order valence-electron chi connectivity index (χ2n) is 5.98. The summed E-state index contributed by atoms with van der Waals surface area (Å²) in [6.45, 7) is 2.10. The zero-order valence-corrected chi connectivity index (χ0v) is 17.7. The van der Waals surface area contributed by atoms with E-state index in [4.69, 9.17) is 0 Å². The molecule has 0 aliphatic rings. The third kappa shape index (κ3) is 3.95. The summed E-state index contributed by atoms with van der Waals surface area (Å²) in [7, 11) is 2.03. The van der Waals surface area contributed by atoms with E-state index in [1.165, 1.54) is 16.3 Å². The average Bonchev–Trinajstić information content (AvgIpc) is 2.62. The van der Waals surface area contributed by atoms with Gasteiger partial charge in [-0.25, -0.2) is 10.1 Å². The summed E-state index contributed by atoms with van der Waals surface area (Å²) in [6.07, 6.45) is 5.63. The van der Waals surface area contributed by atoms with Crippen molar-refractivity contribution in [3.8, 4) is 22.4 Å². The molecule has 0 amide bonds. The molecule has 0 N–H and O–H groups in total. The Morgan fingerprint density at radius 1 is 1.00 bits per heavy atom. The van der Waals surface area contributed by atoms with Crippen molar-refractivity contribution in [2.45, 2.75) is 6.92 Å². The summed E-state index contributed by atoms with van der Waals surface area (Å²) >= 11 is 0. The summed E-state index contributed by atoms with van der Waals surface area (Å²) in [5.74, 6) is 0. The first-order valence-electron chi connectivity index (χ1n) is 7.96. The minimum Gasteiger partial charge on any atom is -0.260 e. The van der Waals surface area contributed by atoms with E-state index in [9.17, 15) is 0 Å². The van der Waals surface area contributed by atoms with Gasteiger partial charge in [0.2, 0.25) is 0 Å². The number of benzene rings is 3. The maximum absolute atomic E-state index is 4.26. The van der Waals surface area contributed by atoms with Crippen molar-refractivity contribution < 1.29 is 37.3 Å². The minimum absolute atomic E-state index is 0. The van der Waals surface area contributed by atoms with Gasteiger partial charge in [-0.05, 0) is 0 Å². The largest absolute Gasteiger partial charge is 0.260 e. The van der Waals surface area contributed by atoms with Gasteiger partial charge in [0.05, 0.1) is 12.4 Å². The van der Waals surface area contributed by atoms with Gasteiger partial charge in [-0.3, -0.25) is 4.98 Å². The Kier molecular flexibility index (Phi) is 6.86. The van der Waals surface area contributed by atoms with Gasteiger partial charge in [-0.1, -0.05) is 36.8 Å². The molecule has 4 aromatic rings. The monoisotopic (exact) mass is 409 g/mol. The first-order valence-corrected chi connectivity index (χ1v) is 7.96. The van der Waals surface area contributed by atoms with Crippen LogP contribution in [-0.4, -0.2) is 13.4 Å². The molecule has 0 saturated carbocycles. The van der Waals surface area contributed by atoms with Crippen LogP contribution in [0.1, 0.15) is 5.56 Å². The number of aromatic nitrogens is 2. The van der Waals surface area contributed by atoms with E-state index in [2.05, 4.69) is 65.0 Å². The normalized spacial score (nSPS) is 10.1. The van der Waals surface area contributed by atoms with Crippen molar-refractivity contribution in [2.24, 2.45) is 7.05 Å². The molecule has 4 radical (unpaired) electrons. The molecule has 4 heteroatoms. The van der Waals surface area contributed by atoms with Crippen LogP contribution in [0.5, 0.6) is 0 Å². The summed E-state index contributed by atoms with van der Waals surface area (Å²) < 4.78 is 2.07. The van der Waals surface area contributed by atoms with E-state index in [0.717, 1.165) is 22.4 Å². The van der Waals surface area contributed by atoms with Crippen LogP contribution in [0.25, 0.3) is 33.2 Å². The van der Waals surface area contributed by atoms with Gasteiger partial charge in [0.25, 0.3) is 0 Å². The number of hydrogen-bond donors (Lipinski definition) is 0. The number of nitrogens with zero attached hydrogens (tertiary/aromatic N) is 2. The molecule has 0 unspecified atom stereocenters. The van der Waals surface area contributed by atoms with Crippen molar-refractivity contribution in [1.29, 1.82) is 0 Å². The summed E-state index contributed by atoms with van der Waals surface area (Å²) in [4.78, 5) is 4.26. The third-order valence-electron chi connectivity index (χ3n) is 4.33. The van der Waals surface area contributed by atoms with Crippen molar-refractivity contribution in [3.63, 3.8) is 0 Å². The Morgan fingerprint density at radius 3 is 2.54 bits per heavy atom. The molecule has 1 heterocycles. The number of rotatable bonds is 2. The van der Waals surface area contributed by atoms with Gasteiger partial charge >= 0.3 is 0 Å². The molecule has 0 aliphatic carbocycles. The van der Waals surface area contributed by atoms with E-state index in [1.807, 2.05) is 31.6 Å². The quantitative estimate of drug-likeness (QED) is 0.279. The molecule has 0 bridgehead atoms. The second-order valence-corrected chi connectivity index (χ2v) is 5.98. The molecule has 1 aromatic heterocycles. The van der Waals surface area contributed by atoms with Crippen LogP contribution in [0.2, 0.25) is 0 Å². The molecule has 0 aliphatic heterocycles. The van der Waals surface area contributed by atoms with Crippen LogP contribution in [0.15, 0.2) is 67.1 Å². The Hall–Kier alpha value is -1.83. The number of fused-ring (bicyclic) bond motifs is 1. The standard InChI is InChI=1S/C22H17N2.B.Y/c1-16-7-8-20(14-21(16)22-15-23-11-12-24(22)2)19-10-9-17-5-3-4-6-18(17)13-19;;/h3-9,11-13,15H,1-2H3;;/q-1;;. The van der Waals surface area contributed by atoms with Crippen molar-refractivity contribution >= 4 is 19.2 Å². The molecule has 122 valence electrons. The summed E-state index contributed by atoms with van der Waals surface area (Å²) in [5, 5.41) is 2.42. The van der Waals surface area contributed by atoms with Gasteiger partial charge < -0.3 is 0 Å². The number of aryl methyl sites for hydroxylation is 2. The first-order chi connectivity index (χ1) is 11.7. The predicted octanol–water partition coefficient (Wildman–Crippen LogP) is 3.92. The smallest absolute Gasteiger partial charge is 0.180 e. The van der Waals surface area contributed by atoms with Crippen LogP contribution in [0.3, 0.4) is 0 Å². The molecular formula is C22H17BN2Y-. The Balaban J connectivity index is 0.00000121. The van der Waals surface area contributed by atoms with Crippen LogP contribution in [-0.2, 0) is 39.8 Å². The van der Waals surface area contributed by atoms with Gasteiger partial charge in [0.1, 0.15) is 7.05 Å². The van der Waals surface area contributed by atoms with Crippen molar-refractivity contribution in [1.82, 2.24) is 4.98 Å². The Labute approximate surface area is 181 Å². The fraction of sp³-hybridized carbons (Fsp3) is 0.0909. The summed E-state index contributed by atoms with van der Waals surface area (Å²) in [6, 6.07) is 23.7. The molecular weight excluding hydrogens is 392 g/mol. The van der Waals surface area contributed by atoms with E-state index in [1.54, 1.807) is 6.20 Å². The fourth-order valence-electron chi connectivity index (χ4n) is 2.94. The van der Waals surface area contributed by atoms with Gasteiger partial charge in [0, 0.05) is 41.1 Å². The predicted molar refractivity (Wildman–Crippen MR) is 102 cm³/mol. The first kappa shape index (κ1) is 20.5. The van der Waals surface area contributed by atoms with Gasteiger partial charge in [0.15, 0.2) is 11.9 Å². The fourth-order valence-corrected chi connectivity index (χ4v) is 2.94. The van der Waals surface area contributed by atoms with Crippen LogP contribution < -0.4 is 4.57 Å². The van der Waals surface area contributed by atoms with Gasteiger partial charge in [-0.15, -0.1) is 28.5 Å². The molecule has 0 atom stereocenters. The van der Waals surface area contributed by atoms with Gasteiger partial charge in [-0.2, -0.15) is 29.8 Å². The molecule has 4 rings (SSSR count). The minimum atomic E-state index is 0. The van der Waals surface area contributed by atoms with Crippen molar-refractivity contribution in [3.05, 3.63) is 84.8 Å². The summed E-state index contributed by atoms with van der Waals surface area (Å²) in [5.41, 5.74) is 5.41. The van der Waals surface area contributed by atoms with E-state index >= 15 is 0 Å². The van der Waals surface area contributed by atoms with E-state index < -0.39 is 0 Å². The molecule has 2 nitrogen and oxygen atoms in total. The van der Waals surface area contributed by atoms with Crippen LogP contribution in [0, 0.1) is 19.1 Å². The average molecular weight is 409 g/mol. The number of hydrogen-bond acceptors (Lipinski definition) is 1. The van der Waals surface area contributed by atoms with Crippen molar-refractivity contribution in [2.75, 3.05) is 0 Å². The van der Waals surface area contributed by atoms with Crippen LogP contribution in [0.4, 0.5) is 0 Å². The Morgan fingerprint density at radius 2 is 1.77 bits per heavy atom. The molecule has 0 fully saturated rings. The second kappa shape index (κ2) is 8.70. The van der Waals surface area contributed by atoms with E-state index in [0.29, 0.717) is 0 Å². The zero-order chi connectivity index (χ0) is 16.5. The maximum Gasteiger partial charge on any atom is 0.180 e. The zero-order valence-electron chi connectivity index (χ0n) is 14.9.